The van der Waals surface area contributed by atoms with Gasteiger partial charge in [-0.3, -0.25) is 9.82 Å². The first kappa shape index (κ1) is 14.8. The zero-order valence-corrected chi connectivity index (χ0v) is 12.6. The number of nitrogens with zero attached hydrogens (tertiary/aromatic N) is 2. The first-order valence-electron chi connectivity index (χ1n) is 4.92. The highest BCUT2D eigenvalue weighted by Crippen LogP contribution is 2.24. The average molecular weight is 382 g/mol. The van der Waals surface area contributed by atoms with Crippen molar-refractivity contribution < 1.29 is 18.3 Å². The van der Waals surface area contributed by atoms with Gasteiger partial charge in [0.15, 0.2) is 5.03 Å². The highest BCUT2D eigenvalue weighted by molar-refractivity contribution is 9.10. The predicted octanol–water partition coefficient (Wildman–Crippen LogP) is 1.72. The molecule has 106 valence electrons. The largest absolute Gasteiger partial charge is 0.478 e. The number of aromatic amines is 1. The Bertz CT molecular complexity index is 776. The topological polar surface area (TPSA) is 125 Å². The molecule has 0 amide bonds. The summed E-state index contributed by atoms with van der Waals surface area (Å²) in [5.74, 6) is -1.41. The van der Waals surface area contributed by atoms with Gasteiger partial charge in [-0.2, -0.15) is 13.5 Å². The molecule has 0 saturated carbocycles. The van der Waals surface area contributed by atoms with Crippen LogP contribution in [0.2, 0.25) is 5.15 Å². The van der Waals surface area contributed by atoms with Gasteiger partial charge >= 0.3 is 5.97 Å². The second-order valence-corrected chi connectivity index (χ2v) is 6.35. The summed E-state index contributed by atoms with van der Waals surface area (Å²) in [6.07, 6.45) is 2.11. The second-order valence-electron chi connectivity index (χ2n) is 3.52. The third-order valence-electron chi connectivity index (χ3n) is 2.15. The molecule has 0 aliphatic heterocycles. The summed E-state index contributed by atoms with van der Waals surface area (Å²) in [5.41, 5.74) is -0.342. The van der Waals surface area contributed by atoms with Gasteiger partial charge in [0.2, 0.25) is 0 Å². The number of rotatable bonds is 4. The minimum atomic E-state index is -4.13. The van der Waals surface area contributed by atoms with Crippen LogP contribution < -0.4 is 4.72 Å². The van der Waals surface area contributed by atoms with Crippen LogP contribution in [0.5, 0.6) is 0 Å². The molecule has 0 radical (unpaired) electrons. The summed E-state index contributed by atoms with van der Waals surface area (Å²) >= 11 is 8.79. The summed E-state index contributed by atoms with van der Waals surface area (Å²) in [5, 5.41) is 14.0. The number of carboxylic acids is 1. The van der Waals surface area contributed by atoms with E-state index in [0.717, 1.165) is 6.20 Å². The van der Waals surface area contributed by atoms with Crippen molar-refractivity contribution in [3.63, 3.8) is 0 Å². The monoisotopic (exact) mass is 380 g/mol. The molecule has 2 heterocycles. The van der Waals surface area contributed by atoms with E-state index < -0.39 is 26.6 Å². The first-order chi connectivity index (χ1) is 9.31. The number of pyridine rings is 1. The molecular weight excluding hydrogens is 376 g/mol. The zero-order chi connectivity index (χ0) is 14.9. The molecule has 0 bridgehead atoms. The first-order valence-corrected chi connectivity index (χ1v) is 7.57. The molecule has 0 atom stereocenters. The quantitative estimate of drug-likeness (QED) is 0.692. The summed E-state index contributed by atoms with van der Waals surface area (Å²) in [4.78, 5) is 14.6. The molecule has 2 aromatic rings. The lowest BCUT2D eigenvalue weighted by atomic mass is 10.4. The average Bonchev–Trinajstić information content (AvgIpc) is 2.83. The number of anilines is 1. The fourth-order valence-corrected chi connectivity index (χ4v) is 2.89. The molecule has 2 rings (SSSR count). The number of nitrogens with one attached hydrogen (secondary N) is 2. The summed E-state index contributed by atoms with van der Waals surface area (Å²) < 4.78 is 26.7. The Balaban J connectivity index is 2.38. The smallest absolute Gasteiger partial charge is 0.340 e. The van der Waals surface area contributed by atoms with Crippen molar-refractivity contribution in [1.82, 2.24) is 15.2 Å². The minimum Gasteiger partial charge on any atom is -0.478 e. The molecule has 0 aliphatic rings. The number of aromatic nitrogens is 3. The Hall–Kier alpha value is -1.65. The van der Waals surface area contributed by atoms with Crippen molar-refractivity contribution in [1.29, 1.82) is 0 Å². The molecular formula is C9H6BrClN4O4S. The summed E-state index contributed by atoms with van der Waals surface area (Å²) in [6, 6.07) is 1.39. The maximum Gasteiger partial charge on any atom is 0.340 e. The molecule has 2 aromatic heterocycles. The maximum absolute atomic E-state index is 12.1. The van der Waals surface area contributed by atoms with Crippen LogP contribution in [0, 0.1) is 0 Å². The van der Waals surface area contributed by atoms with Crippen molar-refractivity contribution in [3.05, 3.63) is 33.6 Å². The number of hydrogen-bond acceptors (Lipinski definition) is 5. The van der Waals surface area contributed by atoms with Crippen LogP contribution in [-0.4, -0.2) is 34.7 Å². The van der Waals surface area contributed by atoms with Crippen molar-refractivity contribution in [3.8, 4) is 0 Å². The molecule has 0 spiro atoms. The van der Waals surface area contributed by atoms with E-state index in [9.17, 15) is 13.2 Å². The van der Waals surface area contributed by atoms with Gasteiger partial charge in [-0.1, -0.05) is 11.6 Å². The Morgan fingerprint density at radius 3 is 2.75 bits per heavy atom. The zero-order valence-electron chi connectivity index (χ0n) is 9.46. The SMILES string of the molecule is O=C(O)c1cn[nH]c1S(=O)(=O)Nc1cnc(Cl)c(Br)c1. The third-order valence-corrected chi connectivity index (χ3v) is 4.64. The van der Waals surface area contributed by atoms with E-state index in [2.05, 4.69) is 35.8 Å². The predicted molar refractivity (Wildman–Crippen MR) is 73.3 cm³/mol. The van der Waals surface area contributed by atoms with Crippen molar-refractivity contribution in [2.24, 2.45) is 0 Å². The van der Waals surface area contributed by atoms with Crippen LogP contribution in [0.1, 0.15) is 10.4 Å². The van der Waals surface area contributed by atoms with E-state index in [0.29, 0.717) is 4.47 Å². The van der Waals surface area contributed by atoms with E-state index in [1.165, 1.54) is 12.3 Å². The van der Waals surface area contributed by atoms with Crippen LogP contribution in [0.4, 0.5) is 5.69 Å². The van der Waals surface area contributed by atoms with Crippen molar-refractivity contribution in [2.45, 2.75) is 5.03 Å². The molecule has 8 nitrogen and oxygen atoms in total. The number of carboxylic acid groups (broad SMARTS) is 1. The van der Waals surface area contributed by atoms with Gasteiger partial charge < -0.3 is 5.11 Å². The van der Waals surface area contributed by atoms with E-state index in [1.54, 1.807) is 0 Å². The van der Waals surface area contributed by atoms with Gasteiger partial charge in [0, 0.05) is 0 Å². The Labute approximate surface area is 126 Å². The van der Waals surface area contributed by atoms with Gasteiger partial charge in [0.25, 0.3) is 10.0 Å². The maximum atomic E-state index is 12.1. The van der Waals surface area contributed by atoms with E-state index >= 15 is 0 Å². The standard InChI is InChI=1S/C9H6BrClN4O4S/c10-6-1-4(2-12-7(6)11)15-20(18,19)8-5(9(16)17)3-13-14-8/h1-3,15H,(H,13,14)(H,16,17). The number of sulfonamides is 1. The fraction of sp³-hybridized carbons (Fsp3) is 0. The van der Waals surface area contributed by atoms with E-state index in [4.69, 9.17) is 16.7 Å². The molecule has 3 N–H and O–H groups in total. The normalized spacial score (nSPS) is 11.3. The van der Waals surface area contributed by atoms with Gasteiger partial charge in [0.05, 0.1) is 22.6 Å². The molecule has 20 heavy (non-hydrogen) atoms. The highest BCUT2D eigenvalue weighted by Gasteiger charge is 2.25. The second kappa shape index (κ2) is 5.38. The molecule has 0 aliphatic carbocycles. The van der Waals surface area contributed by atoms with Gasteiger partial charge in [-0.15, -0.1) is 0 Å². The Kier molecular flexibility index (Phi) is 3.97. The van der Waals surface area contributed by atoms with Crippen LogP contribution in [-0.2, 0) is 10.0 Å². The van der Waals surface area contributed by atoms with E-state index in [-0.39, 0.29) is 10.8 Å². The van der Waals surface area contributed by atoms with Crippen LogP contribution in [0.15, 0.2) is 28.0 Å². The number of carbonyl (C=O) groups is 1. The van der Waals surface area contributed by atoms with Crippen LogP contribution in [0.3, 0.4) is 0 Å². The third kappa shape index (κ3) is 2.92. The van der Waals surface area contributed by atoms with Crippen LogP contribution in [0.25, 0.3) is 0 Å². The molecule has 0 saturated heterocycles. The van der Waals surface area contributed by atoms with Gasteiger partial charge in [-0.05, 0) is 22.0 Å². The lowest BCUT2D eigenvalue weighted by Crippen LogP contribution is -2.16. The lowest BCUT2D eigenvalue weighted by molar-refractivity contribution is 0.0692. The fourth-order valence-electron chi connectivity index (χ4n) is 1.31. The summed E-state index contributed by atoms with van der Waals surface area (Å²) in [7, 11) is -4.13. The van der Waals surface area contributed by atoms with Gasteiger partial charge in [0.1, 0.15) is 10.7 Å². The van der Waals surface area contributed by atoms with Crippen molar-refractivity contribution in [2.75, 3.05) is 4.72 Å². The Morgan fingerprint density at radius 1 is 1.45 bits per heavy atom. The lowest BCUT2D eigenvalue weighted by Gasteiger charge is -2.07. The molecule has 0 aromatic carbocycles. The highest BCUT2D eigenvalue weighted by atomic mass is 79.9. The minimum absolute atomic E-state index is 0.118. The molecule has 11 heteroatoms. The molecule has 0 unspecified atom stereocenters. The number of H-pyrrole nitrogens is 1. The van der Waals surface area contributed by atoms with E-state index in [1.807, 2.05) is 0 Å². The van der Waals surface area contributed by atoms with Crippen LogP contribution >= 0.6 is 27.5 Å². The number of hydrogen-bond donors (Lipinski definition) is 3. The summed E-state index contributed by atoms with van der Waals surface area (Å²) in [6.45, 7) is 0. The Morgan fingerprint density at radius 2 is 2.15 bits per heavy atom. The molecule has 0 fully saturated rings. The number of aromatic carboxylic acids is 1. The van der Waals surface area contributed by atoms with Gasteiger partial charge in [-0.25, -0.2) is 9.78 Å². The van der Waals surface area contributed by atoms with Crippen molar-refractivity contribution >= 4 is 49.2 Å². The number of halogens is 2.